The molecular weight excluding hydrogens is 272 g/mol. The Balaban J connectivity index is 2.32. The van der Waals surface area contributed by atoms with Crippen LogP contribution in [-0.4, -0.2) is 61.9 Å². The molecule has 7 nitrogen and oxygen atoms in total. The predicted octanol–water partition coefficient (Wildman–Crippen LogP) is 0.222. The highest BCUT2D eigenvalue weighted by Crippen LogP contribution is 2.24. The number of nitrogens with zero attached hydrogens (tertiary/aromatic N) is 2. The summed E-state index contributed by atoms with van der Waals surface area (Å²) in [5, 5.41) is 8.82. The van der Waals surface area contributed by atoms with E-state index in [9.17, 15) is 13.2 Å². The number of carboxylic acid groups (broad SMARTS) is 1. The van der Waals surface area contributed by atoms with Crippen molar-refractivity contribution < 1.29 is 22.7 Å². The average molecular weight is 288 g/mol. The lowest BCUT2D eigenvalue weighted by Crippen LogP contribution is -2.47. The highest BCUT2D eigenvalue weighted by Gasteiger charge is 2.31. The van der Waals surface area contributed by atoms with Gasteiger partial charge in [0.25, 0.3) is 0 Å². The molecule has 0 saturated carbocycles. The summed E-state index contributed by atoms with van der Waals surface area (Å²) in [5.74, 6) is -1.52. The van der Waals surface area contributed by atoms with Gasteiger partial charge in [0.05, 0.1) is 0 Å². The quantitative estimate of drug-likeness (QED) is 0.855. The van der Waals surface area contributed by atoms with Gasteiger partial charge in [-0.15, -0.1) is 0 Å². The van der Waals surface area contributed by atoms with Crippen molar-refractivity contribution in [2.75, 3.05) is 33.2 Å². The second kappa shape index (κ2) is 4.95. The molecule has 0 aliphatic carbocycles. The van der Waals surface area contributed by atoms with Gasteiger partial charge in [0.15, 0.2) is 0 Å². The molecule has 0 amide bonds. The smallest absolute Gasteiger partial charge is 0.371 e. The first-order valence-corrected chi connectivity index (χ1v) is 7.29. The third-order valence-electron chi connectivity index (χ3n) is 3.16. The van der Waals surface area contributed by atoms with Crippen LogP contribution in [0, 0.1) is 6.92 Å². The summed E-state index contributed by atoms with van der Waals surface area (Å²) in [6, 6.07) is 1.07. The number of aryl methyl sites for hydroxylation is 1. The highest BCUT2D eigenvalue weighted by molar-refractivity contribution is 7.89. The first-order valence-electron chi connectivity index (χ1n) is 5.85. The number of aromatic carboxylic acids is 1. The predicted molar refractivity (Wildman–Crippen MR) is 66.7 cm³/mol. The van der Waals surface area contributed by atoms with Crippen LogP contribution in [0.15, 0.2) is 15.4 Å². The van der Waals surface area contributed by atoms with Crippen LogP contribution in [0.3, 0.4) is 0 Å². The van der Waals surface area contributed by atoms with Gasteiger partial charge < -0.3 is 14.4 Å². The minimum Gasteiger partial charge on any atom is -0.475 e. The van der Waals surface area contributed by atoms with Crippen molar-refractivity contribution in [2.45, 2.75) is 11.8 Å². The monoisotopic (exact) mass is 288 g/mol. The van der Waals surface area contributed by atoms with Gasteiger partial charge in [0.1, 0.15) is 10.7 Å². The van der Waals surface area contributed by atoms with E-state index in [2.05, 4.69) is 0 Å². The third kappa shape index (κ3) is 2.65. The number of rotatable bonds is 3. The van der Waals surface area contributed by atoms with Crippen LogP contribution in [0.25, 0.3) is 0 Å². The van der Waals surface area contributed by atoms with E-state index < -0.39 is 16.0 Å². The van der Waals surface area contributed by atoms with Crippen molar-refractivity contribution in [3.8, 4) is 0 Å². The number of furan rings is 1. The zero-order chi connectivity index (χ0) is 14.2. The molecule has 0 atom stereocenters. The fourth-order valence-corrected chi connectivity index (χ4v) is 3.58. The minimum atomic E-state index is -3.68. The highest BCUT2D eigenvalue weighted by atomic mass is 32.2. The summed E-state index contributed by atoms with van der Waals surface area (Å²) >= 11 is 0. The number of hydrogen-bond donors (Lipinski definition) is 1. The molecule has 1 saturated heterocycles. The van der Waals surface area contributed by atoms with Gasteiger partial charge in [-0.05, 0) is 14.0 Å². The Hall–Kier alpha value is -1.38. The van der Waals surface area contributed by atoms with E-state index >= 15 is 0 Å². The van der Waals surface area contributed by atoms with Crippen molar-refractivity contribution in [3.63, 3.8) is 0 Å². The number of sulfonamides is 1. The normalized spacial score (nSPS) is 18.6. The van der Waals surface area contributed by atoms with E-state index in [4.69, 9.17) is 9.52 Å². The zero-order valence-corrected chi connectivity index (χ0v) is 11.6. The molecule has 0 bridgehead atoms. The molecule has 0 unspecified atom stereocenters. The second-order valence-electron chi connectivity index (χ2n) is 4.54. The first kappa shape index (κ1) is 14.0. The number of piperazine rings is 1. The maximum Gasteiger partial charge on any atom is 0.371 e. The van der Waals surface area contributed by atoms with Crippen LogP contribution in [0.4, 0.5) is 0 Å². The van der Waals surface area contributed by atoms with Crippen LogP contribution >= 0.6 is 0 Å². The molecule has 1 N–H and O–H groups in total. The molecule has 1 fully saturated rings. The van der Waals surface area contributed by atoms with Crippen LogP contribution in [0.1, 0.15) is 16.3 Å². The Morgan fingerprint density at radius 2 is 1.89 bits per heavy atom. The summed E-state index contributed by atoms with van der Waals surface area (Å²) in [4.78, 5) is 12.8. The van der Waals surface area contributed by atoms with Crippen molar-refractivity contribution in [1.82, 2.24) is 9.21 Å². The molecule has 1 aliphatic rings. The fraction of sp³-hybridized carbons (Fsp3) is 0.545. The van der Waals surface area contributed by atoms with Crippen LogP contribution < -0.4 is 0 Å². The molecule has 2 rings (SSSR count). The Morgan fingerprint density at radius 1 is 1.32 bits per heavy atom. The maximum atomic E-state index is 12.4. The topological polar surface area (TPSA) is 91.1 Å². The van der Waals surface area contributed by atoms with E-state index in [1.54, 1.807) is 0 Å². The molecule has 1 aliphatic heterocycles. The van der Waals surface area contributed by atoms with Crippen LogP contribution in [-0.2, 0) is 10.0 Å². The SMILES string of the molecule is Cc1oc(C(=O)O)cc1S(=O)(=O)N1CCN(C)CC1. The fourth-order valence-electron chi connectivity index (χ4n) is 1.99. The number of likely N-dealkylation sites (N-methyl/N-ethyl adjacent to an activating group) is 1. The van der Waals surface area contributed by atoms with Gasteiger partial charge in [0.2, 0.25) is 15.8 Å². The molecule has 106 valence electrons. The van der Waals surface area contributed by atoms with E-state index in [1.165, 1.54) is 11.2 Å². The molecule has 2 heterocycles. The lowest BCUT2D eigenvalue weighted by Gasteiger charge is -2.31. The van der Waals surface area contributed by atoms with Gasteiger partial charge in [0, 0.05) is 32.2 Å². The van der Waals surface area contributed by atoms with Crippen molar-refractivity contribution in [2.24, 2.45) is 0 Å². The molecule has 0 radical (unpaired) electrons. The lowest BCUT2D eigenvalue weighted by molar-refractivity contribution is 0.0661. The molecule has 0 aromatic carbocycles. The number of carboxylic acids is 1. The van der Waals surface area contributed by atoms with Crippen LogP contribution in [0.2, 0.25) is 0 Å². The Kier molecular flexibility index (Phi) is 3.66. The van der Waals surface area contributed by atoms with Crippen molar-refractivity contribution in [1.29, 1.82) is 0 Å². The van der Waals surface area contributed by atoms with E-state index in [0.717, 1.165) is 6.07 Å². The summed E-state index contributed by atoms with van der Waals surface area (Å²) in [7, 11) is -1.75. The Bertz CT molecular complexity index is 584. The van der Waals surface area contributed by atoms with Gasteiger partial charge >= 0.3 is 5.97 Å². The van der Waals surface area contributed by atoms with Crippen molar-refractivity contribution in [3.05, 3.63) is 17.6 Å². The summed E-state index contributed by atoms with van der Waals surface area (Å²) in [5.41, 5.74) is 0. The molecule has 19 heavy (non-hydrogen) atoms. The summed E-state index contributed by atoms with van der Waals surface area (Å²) in [6.45, 7) is 3.55. The average Bonchev–Trinajstić information content (AvgIpc) is 2.73. The van der Waals surface area contributed by atoms with Crippen LogP contribution in [0.5, 0.6) is 0 Å². The third-order valence-corrected chi connectivity index (χ3v) is 5.17. The van der Waals surface area contributed by atoms with E-state index in [-0.39, 0.29) is 16.4 Å². The molecule has 0 spiro atoms. The Labute approximate surface area is 111 Å². The maximum absolute atomic E-state index is 12.4. The van der Waals surface area contributed by atoms with Gasteiger partial charge in [-0.3, -0.25) is 0 Å². The standard InChI is InChI=1S/C11H16N2O5S/c1-8-10(7-9(18-8)11(14)15)19(16,17)13-5-3-12(2)4-6-13/h7H,3-6H2,1-2H3,(H,14,15). The lowest BCUT2D eigenvalue weighted by atomic mass is 10.4. The van der Waals surface area contributed by atoms with E-state index in [1.807, 2.05) is 11.9 Å². The molecule has 8 heteroatoms. The first-order chi connectivity index (χ1) is 8.82. The van der Waals surface area contributed by atoms with Gasteiger partial charge in [-0.25, -0.2) is 13.2 Å². The summed E-state index contributed by atoms with van der Waals surface area (Å²) < 4.78 is 31.1. The van der Waals surface area contributed by atoms with E-state index in [0.29, 0.717) is 26.2 Å². The Morgan fingerprint density at radius 3 is 2.37 bits per heavy atom. The summed E-state index contributed by atoms with van der Waals surface area (Å²) in [6.07, 6.45) is 0. The number of carbonyl (C=O) groups is 1. The molecular formula is C11H16N2O5S. The second-order valence-corrected chi connectivity index (χ2v) is 6.45. The zero-order valence-electron chi connectivity index (χ0n) is 10.8. The number of hydrogen-bond acceptors (Lipinski definition) is 5. The largest absolute Gasteiger partial charge is 0.475 e. The van der Waals surface area contributed by atoms with Gasteiger partial charge in [-0.1, -0.05) is 0 Å². The minimum absolute atomic E-state index is 0.0607. The molecule has 1 aromatic rings. The van der Waals surface area contributed by atoms with Gasteiger partial charge in [-0.2, -0.15) is 4.31 Å². The molecule has 1 aromatic heterocycles. The van der Waals surface area contributed by atoms with Crippen molar-refractivity contribution >= 4 is 16.0 Å².